The van der Waals surface area contributed by atoms with Gasteiger partial charge in [0.15, 0.2) is 0 Å². The van der Waals surface area contributed by atoms with Gasteiger partial charge in [-0.3, -0.25) is 0 Å². The van der Waals surface area contributed by atoms with E-state index >= 15 is 0 Å². The molecule has 90 valence electrons. The summed E-state index contributed by atoms with van der Waals surface area (Å²) in [5.74, 6) is 1.22. The third-order valence-corrected chi connectivity index (χ3v) is 3.62. The van der Waals surface area contributed by atoms with E-state index in [2.05, 4.69) is 27.3 Å². The second-order valence-electron chi connectivity index (χ2n) is 4.25. The summed E-state index contributed by atoms with van der Waals surface area (Å²) in [7, 11) is 0. The maximum Gasteiger partial charge on any atom is 0.138 e. The lowest BCUT2D eigenvalue weighted by atomic mass is 10.0. The Hall–Kier alpha value is -1.05. The van der Waals surface area contributed by atoms with E-state index in [0.717, 1.165) is 17.6 Å². The summed E-state index contributed by atoms with van der Waals surface area (Å²) in [5.41, 5.74) is 0.580. The Bertz CT molecular complexity index is 422. The van der Waals surface area contributed by atoms with Gasteiger partial charge >= 0.3 is 0 Å². The number of halogens is 1. The average Bonchev–Trinajstić information content (AvgIpc) is 2.37. The normalized spacial score (nSPS) is 19.6. The van der Waals surface area contributed by atoms with E-state index in [1.165, 1.54) is 12.8 Å². The van der Waals surface area contributed by atoms with Crippen LogP contribution >= 0.6 is 15.9 Å². The summed E-state index contributed by atoms with van der Waals surface area (Å²) >= 11 is 3.36. The molecule has 1 aliphatic rings. The Morgan fingerprint density at radius 1 is 1.53 bits per heavy atom. The highest BCUT2D eigenvalue weighted by Crippen LogP contribution is 2.26. The third kappa shape index (κ3) is 3.21. The van der Waals surface area contributed by atoms with Crippen molar-refractivity contribution in [1.82, 2.24) is 5.32 Å². The highest BCUT2D eigenvalue weighted by molar-refractivity contribution is 9.10. The highest BCUT2D eigenvalue weighted by Gasteiger charge is 2.15. The first-order valence-electron chi connectivity index (χ1n) is 5.83. The molecular formula is C13H15BrN2O. The molecule has 1 aromatic carbocycles. The van der Waals surface area contributed by atoms with Crippen molar-refractivity contribution in [1.29, 1.82) is 5.26 Å². The van der Waals surface area contributed by atoms with Crippen LogP contribution in [-0.4, -0.2) is 19.7 Å². The van der Waals surface area contributed by atoms with Gasteiger partial charge in [0.05, 0.1) is 6.61 Å². The van der Waals surface area contributed by atoms with Crippen LogP contribution in [0.1, 0.15) is 18.4 Å². The van der Waals surface area contributed by atoms with Crippen LogP contribution in [0.2, 0.25) is 0 Å². The SMILES string of the molecule is N#Cc1c(Br)cccc1OCC1CCCNC1. The quantitative estimate of drug-likeness (QED) is 0.932. The number of nitriles is 1. The maximum atomic E-state index is 9.06. The molecule has 3 nitrogen and oxygen atoms in total. The zero-order valence-electron chi connectivity index (χ0n) is 9.58. The van der Waals surface area contributed by atoms with Crippen LogP contribution in [0, 0.1) is 17.2 Å². The summed E-state index contributed by atoms with van der Waals surface area (Å²) in [6.07, 6.45) is 2.40. The van der Waals surface area contributed by atoms with Crippen LogP contribution in [0.25, 0.3) is 0 Å². The summed E-state index contributed by atoms with van der Waals surface area (Å²) in [4.78, 5) is 0. The van der Waals surface area contributed by atoms with E-state index in [-0.39, 0.29) is 0 Å². The van der Waals surface area contributed by atoms with Crippen molar-refractivity contribution in [2.24, 2.45) is 5.92 Å². The van der Waals surface area contributed by atoms with Crippen LogP contribution in [0.3, 0.4) is 0 Å². The van der Waals surface area contributed by atoms with E-state index in [0.29, 0.717) is 23.8 Å². The lowest BCUT2D eigenvalue weighted by molar-refractivity contribution is 0.218. The standard InChI is InChI=1S/C13H15BrN2O/c14-12-4-1-5-13(11(12)7-15)17-9-10-3-2-6-16-8-10/h1,4-5,10,16H,2-3,6,8-9H2. The number of hydrogen-bond acceptors (Lipinski definition) is 3. The van der Waals surface area contributed by atoms with E-state index in [4.69, 9.17) is 10.00 Å². The van der Waals surface area contributed by atoms with Crippen molar-refractivity contribution in [3.63, 3.8) is 0 Å². The molecule has 17 heavy (non-hydrogen) atoms. The minimum absolute atomic E-state index is 0.550. The Balaban J connectivity index is 1.99. The van der Waals surface area contributed by atoms with Crippen molar-refractivity contribution in [2.45, 2.75) is 12.8 Å². The minimum Gasteiger partial charge on any atom is -0.492 e. The summed E-state index contributed by atoms with van der Waals surface area (Å²) in [6, 6.07) is 7.75. The largest absolute Gasteiger partial charge is 0.492 e. The van der Waals surface area contributed by atoms with E-state index < -0.39 is 0 Å². The molecule has 4 heteroatoms. The van der Waals surface area contributed by atoms with Gasteiger partial charge < -0.3 is 10.1 Å². The van der Waals surface area contributed by atoms with Gasteiger partial charge in [-0.25, -0.2) is 0 Å². The lowest BCUT2D eigenvalue weighted by Gasteiger charge is -2.23. The molecule has 1 saturated heterocycles. The van der Waals surface area contributed by atoms with Gasteiger partial charge in [0.2, 0.25) is 0 Å². The lowest BCUT2D eigenvalue weighted by Crippen LogP contribution is -2.33. The second-order valence-corrected chi connectivity index (χ2v) is 5.10. The molecule has 1 atom stereocenters. The van der Waals surface area contributed by atoms with Crippen LogP contribution in [-0.2, 0) is 0 Å². The van der Waals surface area contributed by atoms with Crippen molar-refractivity contribution in [3.8, 4) is 11.8 Å². The molecular weight excluding hydrogens is 280 g/mol. The summed E-state index contributed by atoms with van der Waals surface area (Å²) in [6.45, 7) is 2.80. The number of hydrogen-bond donors (Lipinski definition) is 1. The number of nitrogens with one attached hydrogen (secondary N) is 1. The Morgan fingerprint density at radius 3 is 3.12 bits per heavy atom. The second kappa shape index (κ2) is 6.04. The van der Waals surface area contributed by atoms with Gasteiger partial charge in [0, 0.05) is 16.9 Å². The van der Waals surface area contributed by atoms with Gasteiger partial charge in [-0.1, -0.05) is 6.07 Å². The fourth-order valence-electron chi connectivity index (χ4n) is 2.01. The zero-order chi connectivity index (χ0) is 12.1. The number of nitrogens with zero attached hydrogens (tertiary/aromatic N) is 1. The molecule has 2 rings (SSSR count). The van der Waals surface area contributed by atoms with Crippen LogP contribution < -0.4 is 10.1 Å². The van der Waals surface area contributed by atoms with Gasteiger partial charge in [-0.05, 0) is 47.4 Å². The number of rotatable bonds is 3. The Labute approximate surface area is 110 Å². The number of ether oxygens (including phenoxy) is 1. The molecule has 1 aromatic rings. The molecule has 1 fully saturated rings. The number of benzene rings is 1. The van der Waals surface area contributed by atoms with Crippen molar-refractivity contribution in [2.75, 3.05) is 19.7 Å². The van der Waals surface area contributed by atoms with Gasteiger partial charge in [-0.15, -0.1) is 0 Å². The molecule has 1 N–H and O–H groups in total. The fraction of sp³-hybridized carbons (Fsp3) is 0.462. The molecule has 0 amide bonds. The number of piperidine rings is 1. The van der Waals surface area contributed by atoms with Crippen molar-refractivity contribution >= 4 is 15.9 Å². The predicted octanol–water partition coefficient (Wildman–Crippen LogP) is 2.70. The van der Waals surface area contributed by atoms with E-state index in [1.54, 1.807) is 0 Å². The molecule has 0 bridgehead atoms. The van der Waals surface area contributed by atoms with Gasteiger partial charge in [-0.2, -0.15) is 5.26 Å². The predicted molar refractivity (Wildman–Crippen MR) is 69.9 cm³/mol. The van der Waals surface area contributed by atoms with Crippen LogP contribution in [0.4, 0.5) is 0 Å². The van der Waals surface area contributed by atoms with Gasteiger partial charge in [0.1, 0.15) is 17.4 Å². The van der Waals surface area contributed by atoms with Crippen molar-refractivity contribution in [3.05, 3.63) is 28.2 Å². The fourth-order valence-corrected chi connectivity index (χ4v) is 2.44. The van der Waals surface area contributed by atoms with E-state index in [9.17, 15) is 0 Å². The summed E-state index contributed by atoms with van der Waals surface area (Å²) < 4.78 is 6.55. The first kappa shape index (κ1) is 12.4. The maximum absolute atomic E-state index is 9.06. The van der Waals surface area contributed by atoms with E-state index in [1.807, 2.05) is 18.2 Å². The first-order valence-corrected chi connectivity index (χ1v) is 6.62. The van der Waals surface area contributed by atoms with Crippen LogP contribution in [0.15, 0.2) is 22.7 Å². The first-order chi connectivity index (χ1) is 8.31. The third-order valence-electron chi connectivity index (χ3n) is 2.96. The minimum atomic E-state index is 0.550. The highest BCUT2D eigenvalue weighted by atomic mass is 79.9. The van der Waals surface area contributed by atoms with Crippen LogP contribution in [0.5, 0.6) is 5.75 Å². The molecule has 0 saturated carbocycles. The molecule has 1 heterocycles. The molecule has 0 radical (unpaired) electrons. The smallest absolute Gasteiger partial charge is 0.138 e. The zero-order valence-corrected chi connectivity index (χ0v) is 11.2. The molecule has 0 aromatic heterocycles. The van der Waals surface area contributed by atoms with Gasteiger partial charge in [0.25, 0.3) is 0 Å². The summed E-state index contributed by atoms with van der Waals surface area (Å²) in [5, 5.41) is 12.4. The topological polar surface area (TPSA) is 45.0 Å². The average molecular weight is 295 g/mol. The molecule has 0 aliphatic carbocycles. The molecule has 1 aliphatic heterocycles. The molecule has 0 spiro atoms. The molecule has 1 unspecified atom stereocenters. The monoisotopic (exact) mass is 294 g/mol. The van der Waals surface area contributed by atoms with Crippen molar-refractivity contribution < 1.29 is 4.74 Å². The Morgan fingerprint density at radius 2 is 2.41 bits per heavy atom. The Kier molecular flexibility index (Phi) is 4.41.